The summed E-state index contributed by atoms with van der Waals surface area (Å²) < 4.78 is 0.436. The molecule has 0 heterocycles. The standard InChI is InChI=1S/C16H18BrClO3/c1-7(2)9-5-12(19)8(3)4-10(9)14-13(20)6-11(17)15(18)16(14)21/h4,6,9-10,12,19-21H,1,5H2,2-3H3. The lowest BCUT2D eigenvalue weighted by Crippen LogP contribution is -2.26. The van der Waals surface area contributed by atoms with Crippen molar-refractivity contribution in [1.82, 2.24) is 0 Å². The van der Waals surface area contributed by atoms with E-state index in [4.69, 9.17) is 11.6 Å². The molecule has 3 unspecified atom stereocenters. The van der Waals surface area contributed by atoms with Gasteiger partial charge in [-0.25, -0.2) is 0 Å². The highest BCUT2D eigenvalue weighted by atomic mass is 79.9. The summed E-state index contributed by atoms with van der Waals surface area (Å²) in [5.74, 6) is -0.505. The molecular formula is C16H18BrClO3. The highest BCUT2D eigenvalue weighted by Crippen LogP contribution is 2.49. The van der Waals surface area contributed by atoms with Crippen molar-refractivity contribution in [2.24, 2.45) is 5.92 Å². The molecule has 0 bridgehead atoms. The van der Waals surface area contributed by atoms with Gasteiger partial charge in [-0.1, -0.05) is 29.8 Å². The van der Waals surface area contributed by atoms with Gasteiger partial charge in [0, 0.05) is 16.0 Å². The van der Waals surface area contributed by atoms with E-state index in [1.165, 1.54) is 6.07 Å². The average Bonchev–Trinajstić information content (AvgIpc) is 2.39. The van der Waals surface area contributed by atoms with Gasteiger partial charge in [0.15, 0.2) is 0 Å². The Hall–Kier alpha value is -0.970. The number of benzene rings is 1. The molecule has 114 valence electrons. The zero-order valence-electron chi connectivity index (χ0n) is 11.9. The molecule has 21 heavy (non-hydrogen) atoms. The highest BCUT2D eigenvalue weighted by molar-refractivity contribution is 9.10. The predicted octanol–water partition coefficient (Wildman–Crippen LogP) is 4.50. The number of rotatable bonds is 2. The van der Waals surface area contributed by atoms with Gasteiger partial charge in [0.1, 0.15) is 11.5 Å². The van der Waals surface area contributed by atoms with Crippen LogP contribution < -0.4 is 0 Å². The van der Waals surface area contributed by atoms with Crippen LogP contribution in [0.1, 0.15) is 31.7 Å². The smallest absolute Gasteiger partial charge is 0.142 e. The number of aromatic hydroxyl groups is 2. The summed E-state index contributed by atoms with van der Waals surface area (Å²) in [5, 5.41) is 30.7. The topological polar surface area (TPSA) is 60.7 Å². The minimum atomic E-state index is -0.529. The van der Waals surface area contributed by atoms with Crippen LogP contribution in [0.25, 0.3) is 0 Å². The molecule has 0 amide bonds. The predicted molar refractivity (Wildman–Crippen MR) is 87.9 cm³/mol. The second-order valence-electron chi connectivity index (χ2n) is 5.59. The van der Waals surface area contributed by atoms with Crippen molar-refractivity contribution < 1.29 is 15.3 Å². The monoisotopic (exact) mass is 372 g/mol. The van der Waals surface area contributed by atoms with Gasteiger partial charge in [-0.2, -0.15) is 0 Å². The Kier molecular flexibility index (Phi) is 4.71. The third-order valence-electron chi connectivity index (χ3n) is 4.06. The van der Waals surface area contributed by atoms with Gasteiger partial charge in [-0.15, -0.1) is 0 Å². The number of aliphatic hydroxyl groups excluding tert-OH is 1. The van der Waals surface area contributed by atoms with E-state index in [9.17, 15) is 15.3 Å². The molecule has 2 rings (SSSR count). The fourth-order valence-electron chi connectivity index (χ4n) is 2.82. The third kappa shape index (κ3) is 2.98. The van der Waals surface area contributed by atoms with Crippen LogP contribution in [0.5, 0.6) is 11.5 Å². The molecule has 3 atom stereocenters. The summed E-state index contributed by atoms with van der Waals surface area (Å²) in [7, 11) is 0. The Labute approximate surface area is 137 Å². The van der Waals surface area contributed by atoms with E-state index in [0.29, 0.717) is 16.5 Å². The van der Waals surface area contributed by atoms with Crippen LogP contribution in [0.4, 0.5) is 0 Å². The van der Waals surface area contributed by atoms with Crippen LogP contribution in [-0.4, -0.2) is 21.4 Å². The normalized spacial score (nSPS) is 25.6. The van der Waals surface area contributed by atoms with Crippen LogP contribution in [0.2, 0.25) is 5.02 Å². The maximum atomic E-state index is 10.3. The average molecular weight is 374 g/mol. The molecule has 1 aliphatic carbocycles. The van der Waals surface area contributed by atoms with Crippen LogP contribution in [0.15, 0.2) is 34.3 Å². The quantitative estimate of drug-likeness (QED) is 0.669. The van der Waals surface area contributed by atoms with E-state index in [2.05, 4.69) is 22.5 Å². The minimum Gasteiger partial charge on any atom is -0.507 e. The third-order valence-corrected chi connectivity index (χ3v) is 5.29. The Bertz CT molecular complexity index is 624. The lowest BCUT2D eigenvalue weighted by atomic mass is 9.73. The van der Waals surface area contributed by atoms with Gasteiger partial charge in [-0.05, 0) is 53.8 Å². The largest absolute Gasteiger partial charge is 0.507 e. The summed E-state index contributed by atoms with van der Waals surface area (Å²) in [6.45, 7) is 7.68. The van der Waals surface area contributed by atoms with Crippen LogP contribution in [-0.2, 0) is 0 Å². The number of hydrogen-bond donors (Lipinski definition) is 3. The summed E-state index contributed by atoms with van der Waals surface area (Å²) >= 11 is 9.26. The Balaban J connectivity index is 2.63. The van der Waals surface area contributed by atoms with Crippen molar-refractivity contribution in [1.29, 1.82) is 0 Å². The van der Waals surface area contributed by atoms with Crippen molar-refractivity contribution in [3.63, 3.8) is 0 Å². The van der Waals surface area contributed by atoms with Gasteiger partial charge < -0.3 is 15.3 Å². The Morgan fingerprint density at radius 1 is 1.43 bits per heavy atom. The van der Waals surface area contributed by atoms with E-state index >= 15 is 0 Å². The van der Waals surface area contributed by atoms with E-state index in [-0.39, 0.29) is 28.4 Å². The lowest BCUT2D eigenvalue weighted by molar-refractivity contribution is 0.168. The zero-order chi connectivity index (χ0) is 15.9. The van der Waals surface area contributed by atoms with Crippen molar-refractivity contribution in [2.45, 2.75) is 32.3 Å². The molecule has 5 heteroatoms. The molecule has 0 aliphatic heterocycles. The maximum absolute atomic E-state index is 10.3. The zero-order valence-corrected chi connectivity index (χ0v) is 14.2. The first-order chi connectivity index (χ1) is 9.73. The van der Waals surface area contributed by atoms with Crippen molar-refractivity contribution in [2.75, 3.05) is 0 Å². The molecule has 0 spiro atoms. The van der Waals surface area contributed by atoms with E-state index in [1.807, 2.05) is 19.9 Å². The molecule has 0 fully saturated rings. The van der Waals surface area contributed by atoms with E-state index in [0.717, 1.165) is 11.1 Å². The summed E-state index contributed by atoms with van der Waals surface area (Å²) in [5.41, 5.74) is 2.08. The molecule has 1 aromatic rings. The van der Waals surface area contributed by atoms with Crippen LogP contribution >= 0.6 is 27.5 Å². The SMILES string of the molecule is C=C(C)C1CC(O)C(C)=CC1c1c(O)cc(Br)c(Cl)c1O. The number of hydrogen-bond acceptors (Lipinski definition) is 3. The van der Waals surface area contributed by atoms with E-state index in [1.54, 1.807) is 0 Å². The fourth-order valence-corrected chi connectivity index (χ4v) is 3.38. The second kappa shape index (κ2) is 6.03. The lowest BCUT2D eigenvalue weighted by Gasteiger charge is -2.34. The van der Waals surface area contributed by atoms with Gasteiger partial charge in [0.2, 0.25) is 0 Å². The molecule has 1 aromatic carbocycles. The Morgan fingerprint density at radius 3 is 2.62 bits per heavy atom. The fraction of sp³-hybridized carbons (Fsp3) is 0.375. The van der Waals surface area contributed by atoms with Crippen LogP contribution in [0, 0.1) is 5.92 Å². The minimum absolute atomic E-state index is 0.0273. The van der Waals surface area contributed by atoms with Gasteiger partial charge in [0.05, 0.1) is 11.1 Å². The molecule has 3 nitrogen and oxygen atoms in total. The van der Waals surface area contributed by atoms with Crippen molar-refractivity contribution in [3.05, 3.63) is 44.9 Å². The molecule has 3 N–H and O–H groups in total. The molecule has 0 aromatic heterocycles. The second-order valence-corrected chi connectivity index (χ2v) is 6.83. The number of aliphatic hydroxyl groups is 1. The molecule has 0 saturated carbocycles. The number of phenolic OH excluding ortho intramolecular Hbond substituents is 2. The molecular weight excluding hydrogens is 356 g/mol. The maximum Gasteiger partial charge on any atom is 0.142 e. The highest BCUT2D eigenvalue weighted by Gasteiger charge is 2.34. The van der Waals surface area contributed by atoms with Crippen molar-refractivity contribution in [3.8, 4) is 11.5 Å². The summed E-state index contributed by atoms with van der Waals surface area (Å²) in [4.78, 5) is 0. The Morgan fingerprint density at radius 2 is 2.05 bits per heavy atom. The summed E-state index contributed by atoms with van der Waals surface area (Å²) in [6, 6.07) is 1.47. The van der Waals surface area contributed by atoms with E-state index < -0.39 is 6.10 Å². The number of allylic oxidation sites excluding steroid dienone is 2. The first-order valence-corrected chi connectivity index (χ1v) is 7.82. The first-order valence-electron chi connectivity index (χ1n) is 6.65. The van der Waals surface area contributed by atoms with Gasteiger partial charge in [0.25, 0.3) is 0 Å². The van der Waals surface area contributed by atoms with Crippen LogP contribution in [0.3, 0.4) is 0 Å². The van der Waals surface area contributed by atoms with Gasteiger partial charge >= 0.3 is 0 Å². The first kappa shape index (κ1) is 16.4. The van der Waals surface area contributed by atoms with Gasteiger partial charge in [-0.3, -0.25) is 0 Å². The molecule has 0 radical (unpaired) electrons. The van der Waals surface area contributed by atoms with Crippen molar-refractivity contribution >= 4 is 27.5 Å². The molecule has 1 aliphatic rings. The number of halogens is 2. The number of phenols is 2. The molecule has 0 saturated heterocycles. The summed E-state index contributed by atoms with van der Waals surface area (Å²) in [6.07, 6.45) is 1.85.